The number of carbonyl (C=O) groups is 1. The number of aliphatic hydroxyl groups is 2. The summed E-state index contributed by atoms with van der Waals surface area (Å²) in [7, 11) is 0. The van der Waals surface area contributed by atoms with Crippen molar-refractivity contribution < 1.29 is 24.2 Å². The van der Waals surface area contributed by atoms with Crippen molar-refractivity contribution >= 4 is 17.8 Å². The molecule has 176 valence electrons. The minimum atomic E-state index is -1.20. The van der Waals surface area contributed by atoms with E-state index in [0.717, 1.165) is 42.0 Å². The molecule has 1 saturated heterocycles. The molecule has 2 heterocycles. The molecule has 0 unspecified atom stereocenters. The van der Waals surface area contributed by atoms with Crippen LogP contribution in [-0.4, -0.2) is 74.7 Å². The number of aliphatic hydroxyl groups excluding tert-OH is 2. The lowest BCUT2D eigenvalue weighted by Crippen LogP contribution is -2.54. The van der Waals surface area contributed by atoms with Gasteiger partial charge < -0.3 is 29.6 Å². The summed E-state index contributed by atoms with van der Waals surface area (Å²) in [6.07, 6.45) is -1.59. The number of nitrogens with one attached hydrogen (secondary N) is 1. The molecule has 2 atom stereocenters. The molecule has 1 aromatic carbocycles. The maximum atomic E-state index is 12.3. The van der Waals surface area contributed by atoms with Crippen molar-refractivity contribution in [3.63, 3.8) is 0 Å². The summed E-state index contributed by atoms with van der Waals surface area (Å²) in [5.74, 6) is -0.0385. The Balaban J connectivity index is 1.68. The predicted molar refractivity (Wildman–Crippen MR) is 119 cm³/mol. The largest absolute Gasteiger partial charge is 0.447 e. The van der Waals surface area contributed by atoms with E-state index in [1.807, 2.05) is 40.7 Å². The number of ether oxygens (including phenoxy) is 1. The van der Waals surface area contributed by atoms with Gasteiger partial charge in [0.2, 0.25) is 5.89 Å². The van der Waals surface area contributed by atoms with Crippen molar-refractivity contribution in [2.75, 3.05) is 31.6 Å². The molecule has 3 rings (SSSR count). The number of piperazine rings is 1. The normalized spacial score (nSPS) is 18.1. The Labute approximate surface area is 188 Å². The fourth-order valence-electron chi connectivity index (χ4n) is 3.80. The Morgan fingerprint density at radius 3 is 2.72 bits per heavy atom. The number of anilines is 2. The van der Waals surface area contributed by atoms with E-state index in [9.17, 15) is 9.90 Å². The first kappa shape index (κ1) is 24.0. The first-order chi connectivity index (χ1) is 15.2. The standard InChI is InChI=1S/C22H33N5O5/c1-13(2)31-22(30)27-7-6-26(10-15(27)4)11-17-8-14(3)9-18(16(17)5)23-21-25-24-20(32-21)19(29)12-28/h8-9,13,15,19,28-29H,6-7,10-12H2,1-5H3,(H,23,25)/t15-,19-/m0/s1. The maximum absolute atomic E-state index is 12.3. The minimum absolute atomic E-state index is 0.0385. The third-order valence-electron chi connectivity index (χ3n) is 5.48. The Bertz CT molecular complexity index is 931. The molecule has 10 nitrogen and oxygen atoms in total. The van der Waals surface area contributed by atoms with Crippen LogP contribution in [0.3, 0.4) is 0 Å². The van der Waals surface area contributed by atoms with E-state index in [0.29, 0.717) is 6.54 Å². The van der Waals surface area contributed by atoms with Crippen molar-refractivity contribution in [2.24, 2.45) is 0 Å². The lowest BCUT2D eigenvalue weighted by atomic mass is 10.0. The highest BCUT2D eigenvalue weighted by atomic mass is 16.6. The van der Waals surface area contributed by atoms with Crippen LogP contribution in [-0.2, 0) is 11.3 Å². The third-order valence-corrected chi connectivity index (χ3v) is 5.48. The third kappa shape index (κ3) is 5.76. The SMILES string of the molecule is Cc1cc(CN2CCN(C(=O)OC(C)C)[C@@H](C)C2)c(C)c(Nc2nnc([C@@H](O)CO)o2)c1. The number of nitrogens with zero attached hydrogens (tertiary/aromatic N) is 4. The predicted octanol–water partition coefficient (Wildman–Crippen LogP) is 2.51. The first-order valence-electron chi connectivity index (χ1n) is 10.9. The van der Waals surface area contributed by atoms with E-state index < -0.39 is 12.7 Å². The van der Waals surface area contributed by atoms with Gasteiger partial charge >= 0.3 is 12.1 Å². The molecule has 1 fully saturated rings. The van der Waals surface area contributed by atoms with E-state index in [1.54, 1.807) is 4.90 Å². The van der Waals surface area contributed by atoms with Crippen molar-refractivity contribution in [1.82, 2.24) is 20.0 Å². The van der Waals surface area contributed by atoms with E-state index in [4.69, 9.17) is 14.3 Å². The summed E-state index contributed by atoms with van der Waals surface area (Å²) < 4.78 is 10.8. The highest BCUT2D eigenvalue weighted by Gasteiger charge is 2.29. The number of benzene rings is 1. The second-order valence-electron chi connectivity index (χ2n) is 8.58. The monoisotopic (exact) mass is 447 g/mol. The fraction of sp³-hybridized carbons (Fsp3) is 0.591. The van der Waals surface area contributed by atoms with Gasteiger partial charge in [0, 0.05) is 37.9 Å². The van der Waals surface area contributed by atoms with Gasteiger partial charge in [-0.3, -0.25) is 4.90 Å². The quantitative estimate of drug-likeness (QED) is 0.587. The van der Waals surface area contributed by atoms with Gasteiger partial charge in [-0.05, 0) is 57.4 Å². The van der Waals surface area contributed by atoms with Crippen LogP contribution in [0.2, 0.25) is 0 Å². The molecule has 0 aliphatic carbocycles. The average molecular weight is 448 g/mol. The fourth-order valence-corrected chi connectivity index (χ4v) is 3.80. The number of aryl methyl sites for hydroxylation is 1. The summed E-state index contributed by atoms with van der Waals surface area (Å²) in [5, 5.41) is 29.4. The molecule has 0 saturated carbocycles. The van der Waals surface area contributed by atoms with Crippen molar-refractivity contribution in [2.45, 2.75) is 59.4 Å². The van der Waals surface area contributed by atoms with Crippen molar-refractivity contribution in [1.29, 1.82) is 0 Å². The molecular formula is C22H33N5O5. The molecule has 0 spiro atoms. The highest BCUT2D eigenvalue weighted by molar-refractivity contribution is 5.68. The smallest absolute Gasteiger partial charge is 0.410 e. The van der Waals surface area contributed by atoms with Gasteiger partial charge in [-0.1, -0.05) is 11.2 Å². The van der Waals surface area contributed by atoms with E-state index in [-0.39, 0.29) is 30.1 Å². The molecule has 0 radical (unpaired) electrons. The van der Waals surface area contributed by atoms with Crippen LogP contribution in [0.1, 0.15) is 49.5 Å². The Morgan fingerprint density at radius 2 is 2.06 bits per heavy atom. The summed E-state index contributed by atoms with van der Waals surface area (Å²) in [5.41, 5.74) is 4.12. The lowest BCUT2D eigenvalue weighted by molar-refractivity contribution is 0.0349. The van der Waals surface area contributed by atoms with Crippen molar-refractivity contribution in [3.05, 3.63) is 34.7 Å². The molecule has 1 aliphatic rings. The summed E-state index contributed by atoms with van der Waals surface area (Å²) >= 11 is 0. The molecular weight excluding hydrogens is 414 g/mol. The maximum Gasteiger partial charge on any atom is 0.410 e. The zero-order chi connectivity index (χ0) is 23.4. The Hall–Kier alpha value is -2.69. The van der Waals surface area contributed by atoms with Crippen LogP contribution >= 0.6 is 0 Å². The Morgan fingerprint density at radius 1 is 1.31 bits per heavy atom. The van der Waals surface area contributed by atoms with Crippen LogP contribution in [0.15, 0.2) is 16.5 Å². The Kier molecular flexibility index (Phi) is 7.70. The van der Waals surface area contributed by atoms with E-state index in [1.165, 1.54) is 0 Å². The van der Waals surface area contributed by atoms with Crippen LogP contribution in [0, 0.1) is 13.8 Å². The van der Waals surface area contributed by atoms with Gasteiger partial charge in [-0.2, -0.15) is 0 Å². The first-order valence-corrected chi connectivity index (χ1v) is 10.9. The number of amides is 1. The summed E-state index contributed by atoms with van der Waals surface area (Å²) in [4.78, 5) is 16.4. The van der Waals surface area contributed by atoms with Gasteiger partial charge in [0.1, 0.15) is 0 Å². The number of carbonyl (C=O) groups excluding carboxylic acids is 1. The molecule has 32 heavy (non-hydrogen) atoms. The molecule has 10 heteroatoms. The molecule has 3 N–H and O–H groups in total. The highest BCUT2D eigenvalue weighted by Crippen LogP contribution is 2.27. The van der Waals surface area contributed by atoms with Gasteiger partial charge in [-0.25, -0.2) is 4.79 Å². The van der Waals surface area contributed by atoms with E-state index in [2.05, 4.69) is 26.5 Å². The zero-order valence-electron chi connectivity index (χ0n) is 19.3. The number of aromatic nitrogens is 2. The number of hydrogen-bond acceptors (Lipinski definition) is 9. The molecule has 1 aliphatic heterocycles. The average Bonchev–Trinajstić information content (AvgIpc) is 3.19. The number of rotatable bonds is 7. The van der Waals surface area contributed by atoms with Crippen LogP contribution in [0.25, 0.3) is 0 Å². The lowest BCUT2D eigenvalue weighted by Gasteiger charge is -2.39. The summed E-state index contributed by atoms with van der Waals surface area (Å²) in [6, 6.07) is 4.36. The van der Waals surface area contributed by atoms with Crippen molar-refractivity contribution in [3.8, 4) is 0 Å². The molecule has 0 bridgehead atoms. The molecule has 1 amide bonds. The van der Waals surface area contributed by atoms with Crippen LogP contribution < -0.4 is 5.32 Å². The van der Waals surface area contributed by atoms with Crippen LogP contribution in [0.4, 0.5) is 16.5 Å². The second-order valence-corrected chi connectivity index (χ2v) is 8.58. The van der Waals surface area contributed by atoms with Gasteiger partial charge in [0.15, 0.2) is 6.10 Å². The van der Waals surface area contributed by atoms with Gasteiger partial charge in [-0.15, -0.1) is 5.10 Å². The minimum Gasteiger partial charge on any atom is -0.447 e. The van der Waals surface area contributed by atoms with Gasteiger partial charge in [0.05, 0.1) is 12.7 Å². The second kappa shape index (κ2) is 10.3. The molecule has 2 aromatic rings. The van der Waals surface area contributed by atoms with E-state index >= 15 is 0 Å². The molecule has 1 aromatic heterocycles. The summed E-state index contributed by atoms with van der Waals surface area (Å²) in [6.45, 7) is 12.2. The topological polar surface area (TPSA) is 124 Å². The van der Waals surface area contributed by atoms with Gasteiger partial charge in [0.25, 0.3) is 0 Å². The number of hydrogen-bond donors (Lipinski definition) is 3. The van der Waals surface area contributed by atoms with Crippen LogP contribution in [0.5, 0.6) is 0 Å². The zero-order valence-corrected chi connectivity index (χ0v) is 19.3.